The molecule has 0 radical (unpaired) electrons. The Morgan fingerprint density at radius 1 is 1.07 bits per heavy atom. The maximum absolute atomic E-state index is 13.3. The molecule has 0 unspecified atom stereocenters. The number of carbonyl (C=O) groups is 1. The van der Waals surface area contributed by atoms with Crippen molar-refractivity contribution in [2.24, 2.45) is 0 Å². The maximum atomic E-state index is 13.3. The van der Waals surface area contributed by atoms with E-state index in [4.69, 9.17) is 4.74 Å². The van der Waals surface area contributed by atoms with Gasteiger partial charge in [-0.15, -0.1) is 0 Å². The van der Waals surface area contributed by atoms with Gasteiger partial charge in [-0.2, -0.15) is 17.5 Å². The first kappa shape index (κ1) is 22.1. The predicted octanol–water partition coefficient (Wildman–Crippen LogP) is 3.49. The van der Waals surface area contributed by atoms with Gasteiger partial charge in [0.2, 0.25) is 10.0 Å². The van der Waals surface area contributed by atoms with Crippen molar-refractivity contribution >= 4 is 15.9 Å². The molecule has 1 heterocycles. The summed E-state index contributed by atoms with van der Waals surface area (Å²) in [5.41, 5.74) is 1.07. The van der Waals surface area contributed by atoms with Crippen molar-refractivity contribution in [1.82, 2.24) is 9.21 Å². The third-order valence-electron chi connectivity index (χ3n) is 4.97. The lowest BCUT2D eigenvalue weighted by molar-refractivity contribution is -0.189. The molecule has 10 heteroatoms. The lowest BCUT2D eigenvalue weighted by atomic mass is 10.1. The van der Waals surface area contributed by atoms with E-state index in [1.165, 1.54) is 50.4 Å². The molecular formula is C20H21F3N2O4S. The van der Waals surface area contributed by atoms with Crippen molar-refractivity contribution in [3.63, 3.8) is 0 Å². The number of sulfonamides is 1. The summed E-state index contributed by atoms with van der Waals surface area (Å²) < 4.78 is 72.5. The van der Waals surface area contributed by atoms with Gasteiger partial charge in [-0.05, 0) is 43.7 Å². The molecule has 0 aromatic heterocycles. The van der Waals surface area contributed by atoms with Crippen molar-refractivity contribution in [3.8, 4) is 5.75 Å². The molecule has 1 saturated heterocycles. The van der Waals surface area contributed by atoms with Gasteiger partial charge in [0.25, 0.3) is 0 Å². The zero-order valence-electron chi connectivity index (χ0n) is 16.6. The molecule has 6 nitrogen and oxygen atoms in total. The molecule has 0 aliphatic carbocycles. The summed E-state index contributed by atoms with van der Waals surface area (Å²) in [5.74, 6) is -1.64. The number of rotatable bonds is 4. The minimum Gasteiger partial charge on any atom is -0.497 e. The first-order valence-electron chi connectivity index (χ1n) is 9.08. The van der Waals surface area contributed by atoms with Gasteiger partial charge in [-0.3, -0.25) is 4.79 Å². The number of benzene rings is 2. The number of hydrogen-bond acceptors (Lipinski definition) is 4. The molecule has 0 bridgehead atoms. The Bertz CT molecular complexity index is 1020. The molecule has 1 fully saturated rings. The first-order valence-corrected chi connectivity index (χ1v) is 10.5. The average Bonchev–Trinajstić information content (AvgIpc) is 3.04. The minimum atomic E-state index is -5.14. The lowest BCUT2D eigenvalue weighted by Gasteiger charge is -2.32. The summed E-state index contributed by atoms with van der Waals surface area (Å²) >= 11 is 0. The van der Waals surface area contributed by atoms with E-state index in [9.17, 15) is 26.4 Å². The van der Waals surface area contributed by atoms with E-state index in [1.807, 2.05) is 0 Å². The highest BCUT2D eigenvalue weighted by molar-refractivity contribution is 7.89. The maximum Gasteiger partial charge on any atom is 0.471 e. The largest absolute Gasteiger partial charge is 0.497 e. The molecule has 0 saturated carbocycles. The second-order valence-electron chi connectivity index (χ2n) is 7.09. The molecule has 2 aromatic rings. The number of nitrogens with zero attached hydrogens (tertiary/aromatic N) is 2. The molecule has 2 atom stereocenters. The van der Waals surface area contributed by atoms with E-state index in [0.29, 0.717) is 10.6 Å². The highest BCUT2D eigenvalue weighted by atomic mass is 32.2. The fourth-order valence-electron chi connectivity index (χ4n) is 3.46. The molecule has 162 valence electrons. The third-order valence-corrected chi connectivity index (χ3v) is 6.81. The molecule has 2 aromatic carbocycles. The molecule has 30 heavy (non-hydrogen) atoms. The van der Waals surface area contributed by atoms with Gasteiger partial charge in [0.05, 0.1) is 12.0 Å². The number of hydrogen-bond donors (Lipinski definition) is 0. The molecule has 0 spiro atoms. The highest BCUT2D eigenvalue weighted by Crippen LogP contribution is 2.40. The van der Waals surface area contributed by atoms with E-state index < -0.39 is 34.3 Å². The first-order chi connectivity index (χ1) is 14.0. The minimum absolute atomic E-state index is 0.0554. The Kier molecular flexibility index (Phi) is 5.83. The van der Waals surface area contributed by atoms with E-state index in [0.717, 1.165) is 9.87 Å². The Labute approximate surface area is 172 Å². The van der Waals surface area contributed by atoms with Gasteiger partial charge in [0, 0.05) is 12.6 Å². The molecule has 0 N–H and O–H groups in total. The highest BCUT2D eigenvalue weighted by Gasteiger charge is 2.53. The summed E-state index contributed by atoms with van der Waals surface area (Å²) in [6.45, 7) is 2.91. The fourth-order valence-corrected chi connectivity index (χ4v) is 5.11. The van der Waals surface area contributed by atoms with E-state index in [-0.39, 0.29) is 17.0 Å². The van der Waals surface area contributed by atoms with Crippen molar-refractivity contribution in [1.29, 1.82) is 0 Å². The van der Waals surface area contributed by atoms with Crippen LogP contribution in [0.3, 0.4) is 0 Å². The van der Waals surface area contributed by atoms with Gasteiger partial charge in [-0.25, -0.2) is 8.42 Å². The van der Waals surface area contributed by atoms with Crippen LogP contribution in [0, 0.1) is 6.92 Å². The summed E-state index contributed by atoms with van der Waals surface area (Å²) in [5, 5.41) is 0. The van der Waals surface area contributed by atoms with Crippen LogP contribution in [0.2, 0.25) is 0 Å². The van der Waals surface area contributed by atoms with E-state index in [2.05, 4.69) is 0 Å². The van der Waals surface area contributed by atoms with Crippen LogP contribution < -0.4 is 4.74 Å². The summed E-state index contributed by atoms with van der Waals surface area (Å²) in [4.78, 5) is 12.7. The SMILES string of the molecule is COc1ccc([C@@H]2N(C(=O)C(F)(F)F)[C@H](C)CN2S(=O)(=O)c2ccc(C)cc2)cc1. The normalized spacial score (nSPS) is 20.4. The number of amides is 1. The molecular weight excluding hydrogens is 421 g/mol. The van der Waals surface area contributed by atoms with Gasteiger partial charge in [0.15, 0.2) is 0 Å². The topological polar surface area (TPSA) is 66.9 Å². The molecule has 1 amide bonds. The number of carbonyl (C=O) groups excluding carboxylic acids is 1. The lowest BCUT2D eigenvalue weighted by Crippen LogP contribution is -2.45. The number of methoxy groups -OCH3 is 1. The summed E-state index contributed by atoms with van der Waals surface area (Å²) in [7, 11) is -2.74. The monoisotopic (exact) mass is 442 g/mol. The van der Waals surface area contributed by atoms with Crippen LogP contribution in [0.15, 0.2) is 53.4 Å². The quantitative estimate of drug-likeness (QED) is 0.727. The number of halogens is 3. The van der Waals surface area contributed by atoms with Crippen LogP contribution in [0.25, 0.3) is 0 Å². The Hall–Kier alpha value is -2.59. The second-order valence-corrected chi connectivity index (χ2v) is 8.98. The second kappa shape index (κ2) is 7.92. The van der Waals surface area contributed by atoms with Crippen LogP contribution in [-0.2, 0) is 14.8 Å². The Morgan fingerprint density at radius 2 is 1.63 bits per heavy atom. The van der Waals surface area contributed by atoms with E-state index >= 15 is 0 Å². The van der Waals surface area contributed by atoms with Crippen molar-refractivity contribution in [3.05, 3.63) is 59.7 Å². The average molecular weight is 442 g/mol. The molecule has 1 aliphatic heterocycles. The fraction of sp³-hybridized carbons (Fsp3) is 0.350. The molecule has 3 rings (SSSR count). The summed E-state index contributed by atoms with van der Waals surface area (Å²) in [6.07, 6.45) is -6.57. The van der Waals surface area contributed by atoms with Gasteiger partial charge >= 0.3 is 12.1 Å². The number of alkyl halides is 3. The Morgan fingerprint density at radius 3 is 2.13 bits per heavy atom. The van der Waals surface area contributed by atoms with Crippen LogP contribution >= 0.6 is 0 Å². The Balaban J connectivity index is 2.12. The van der Waals surface area contributed by atoms with Crippen LogP contribution in [0.1, 0.15) is 24.2 Å². The predicted molar refractivity (Wildman–Crippen MR) is 103 cm³/mol. The number of ether oxygens (including phenoxy) is 1. The van der Waals surface area contributed by atoms with Crippen LogP contribution in [0.5, 0.6) is 5.75 Å². The summed E-state index contributed by atoms with van der Waals surface area (Å²) in [6, 6.07) is 10.9. The van der Waals surface area contributed by atoms with Crippen LogP contribution in [0.4, 0.5) is 13.2 Å². The zero-order valence-corrected chi connectivity index (χ0v) is 17.4. The zero-order chi connectivity index (χ0) is 22.3. The van der Waals surface area contributed by atoms with Gasteiger partial charge in [0.1, 0.15) is 11.9 Å². The van der Waals surface area contributed by atoms with Gasteiger partial charge < -0.3 is 9.64 Å². The van der Waals surface area contributed by atoms with Crippen LogP contribution in [-0.4, -0.2) is 49.4 Å². The van der Waals surface area contributed by atoms with Crippen molar-refractivity contribution < 1.29 is 31.1 Å². The standard InChI is InChI=1S/C20H21F3N2O4S/c1-13-4-10-17(11-5-13)30(27,28)24-12-14(2)25(19(26)20(21,22)23)18(24)15-6-8-16(29-3)9-7-15/h4-11,14,18H,12H2,1-3H3/t14-,18+/m1/s1. The van der Waals surface area contributed by atoms with Gasteiger partial charge in [-0.1, -0.05) is 29.8 Å². The molecule has 1 aliphatic rings. The number of aryl methyl sites for hydroxylation is 1. The van der Waals surface area contributed by atoms with Crippen molar-refractivity contribution in [2.45, 2.75) is 37.1 Å². The smallest absolute Gasteiger partial charge is 0.471 e. The van der Waals surface area contributed by atoms with Crippen molar-refractivity contribution in [2.75, 3.05) is 13.7 Å². The van der Waals surface area contributed by atoms with E-state index in [1.54, 1.807) is 19.1 Å². The third kappa shape index (κ3) is 4.01.